The van der Waals surface area contributed by atoms with Gasteiger partial charge in [0, 0.05) is 12.0 Å². The fourth-order valence-corrected chi connectivity index (χ4v) is 1.45. The van der Waals surface area contributed by atoms with Crippen molar-refractivity contribution in [2.45, 2.75) is 26.1 Å². The van der Waals surface area contributed by atoms with Gasteiger partial charge in [0.25, 0.3) is 0 Å². The maximum absolute atomic E-state index is 11.6. The van der Waals surface area contributed by atoms with Crippen molar-refractivity contribution in [1.82, 2.24) is 5.32 Å². The van der Waals surface area contributed by atoms with Gasteiger partial charge in [-0.05, 0) is 5.56 Å². The number of carbonyl (C=O) groups excluding carboxylic acids is 1. The Morgan fingerprint density at radius 3 is 2.38 bits per heavy atom. The van der Waals surface area contributed by atoms with Crippen LogP contribution < -0.4 is 5.32 Å². The van der Waals surface area contributed by atoms with Gasteiger partial charge in [-0.15, -0.1) is 11.6 Å². The van der Waals surface area contributed by atoms with E-state index in [2.05, 4.69) is 5.32 Å². The molecule has 1 aromatic rings. The smallest absolute Gasteiger partial charge is 0.225 e. The quantitative estimate of drug-likeness (QED) is 0.807. The first kappa shape index (κ1) is 13.0. The van der Waals surface area contributed by atoms with Crippen molar-refractivity contribution in [3.63, 3.8) is 0 Å². The van der Waals surface area contributed by atoms with E-state index in [1.807, 2.05) is 51.1 Å². The number of hydrogen-bond donors (Lipinski definition) is 1. The van der Waals surface area contributed by atoms with E-state index >= 15 is 0 Å². The van der Waals surface area contributed by atoms with E-state index in [1.54, 1.807) is 0 Å². The third-order valence-electron chi connectivity index (χ3n) is 2.28. The summed E-state index contributed by atoms with van der Waals surface area (Å²) in [5.41, 5.74) is 0.659. The molecular weight excluding hydrogens is 222 g/mol. The van der Waals surface area contributed by atoms with Gasteiger partial charge in [-0.2, -0.15) is 0 Å². The average molecular weight is 240 g/mol. The lowest BCUT2D eigenvalue weighted by Crippen LogP contribution is -2.36. The van der Waals surface area contributed by atoms with Crippen molar-refractivity contribution < 1.29 is 4.79 Å². The van der Waals surface area contributed by atoms with Crippen molar-refractivity contribution in [2.24, 2.45) is 5.41 Å². The third-order valence-corrected chi connectivity index (χ3v) is 2.69. The number of halogens is 1. The predicted octanol–water partition coefficient (Wildman–Crippen LogP) is 3.13. The fraction of sp³-hybridized carbons (Fsp3) is 0.462. The standard InChI is InChI=1S/C13H18ClNO/c1-13(2,3)12(16)15-9-11(14)10-7-5-4-6-8-10/h4-8,11H,9H2,1-3H3,(H,15,16). The van der Waals surface area contributed by atoms with Gasteiger partial charge in [0.2, 0.25) is 5.91 Å². The first-order valence-corrected chi connectivity index (χ1v) is 5.82. The lowest BCUT2D eigenvalue weighted by Gasteiger charge is -2.19. The Morgan fingerprint density at radius 1 is 1.31 bits per heavy atom. The highest BCUT2D eigenvalue weighted by Gasteiger charge is 2.21. The zero-order valence-electron chi connectivity index (χ0n) is 9.96. The monoisotopic (exact) mass is 239 g/mol. The van der Waals surface area contributed by atoms with Crippen LogP contribution in [0, 0.1) is 5.41 Å². The number of amides is 1. The van der Waals surface area contributed by atoms with Crippen molar-refractivity contribution in [3.05, 3.63) is 35.9 Å². The molecule has 0 heterocycles. The van der Waals surface area contributed by atoms with Gasteiger partial charge in [0.05, 0.1) is 5.38 Å². The summed E-state index contributed by atoms with van der Waals surface area (Å²) < 4.78 is 0. The second kappa shape index (κ2) is 5.35. The van der Waals surface area contributed by atoms with Crippen molar-refractivity contribution in [1.29, 1.82) is 0 Å². The van der Waals surface area contributed by atoms with Crippen molar-refractivity contribution in [3.8, 4) is 0 Å². The average Bonchev–Trinajstić information content (AvgIpc) is 2.25. The Kier molecular flexibility index (Phi) is 4.36. The first-order chi connectivity index (χ1) is 7.41. The molecule has 0 bridgehead atoms. The molecule has 0 spiro atoms. The molecule has 0 aliphatic carbocycles. The fourth-order valence-electron chi connectivity index (χ4n) is 1.23. The summed E-state index contributed by atoms with van der Waals surface area (Å²) in [4.78, 5) is 11.6. The van der Waals surface area contributed by atoms with Crippen LogP contribution in [0.1, 0.15) is 31.7 Å². The van der Waals surface area contributed by atoms with Crippen LogP contribution in [0.3, 0.4) is 0 Å². The maximum Gasteiger partial charge on any atom is 0.225 e. The van der Waals surface area contributed by atoms with Crippen LogP contribution in [0.15, 0.2) is 30.3 Å². The van der Waals surface area contributed by atoms with Gasteiger partial charge >= 0.3 is 0 Å². The molecule has 0 saturated carbocycles. The van der Waals surface area contributed by atoms with Crippen LogP contribution in [0.5, 0.6) is 0 Å². The summed E-state index contributed by atoms with van der Waals surface area (Å²) in [5, 5.41) is 2.68. The maximum atomic E-state index is 11.6. The van der Waals surface area contributed by atoms with Crippen LogP contribution in [0.4, 0.5) is 0 Å². The number of nitrogens with one attached hydrogen (secondary N) is 1. The zero-order chi connectivity index (χ0) is 12.2. The van der Waals surface area contributed by atoms with Crippen LogP contribution in [-0.4, -0.2) is 12.5 Å². The third kappa shape index (κ3) is 3.86. The molecule has 1 N–H and O–H groups in total. The molecule has 0 aliphatic heterocycles. The van der Waals surface area contributed by atoms with Gasteiger partial charge in [-0.1, -0.05) is 51.1 Å². The molecule has 1 amide bonds. The molecule has 16 heavy (non-hydrogen) atoms. The van der Waals surface area contributed by atoms with E-state index in [0.29, 0.717) is 6.54 Å². The molecule has 3 heteroatoms. The van der Waals surface area contributed by atoms with Crippen LogP contribution >= 0.6 is 11.6 Å². The summed E-state index contributed by atoms with van der Waals surface area (Å²) in [5.74, 6) is 0.0223. The number of benzene rings is 1. The minimum absolute atomic E-state index is 0.0223. The van der Waals surface area contributed by atoms with Gasteiger partial charge in [-0.25, -0.2) is 0 Å². The predicted molar refractivity (Wildman–Crippen MR) is 67.5 cm³/mol. The molecular formula is C13H18ClNO. The second-order valence-electron chi connectivity index (χ2n) is 4.84. The lowest BCUT2D eigenvalue weighted by molar-refractivity contribution is -0.128. The van der Waals surface area contributed by atoms with Crippen LogP contribution in [-0.2, 0) is 4.79 Å². The Hall–Kier alpha value is -1.02. The molecule has 0 radical (unpaired) electrons. The van der Waals surface area contributed by atoms with Gasteiger partial charge in [0.1, 0.15) is 0 Å². The molecule has 0 fully saturated rings. The first-order valence-electron chi connectivity index (χ1n) is 5.38. The number of rotatable bonds is 3. The zero-order valence-corrected chi connectivity index (χ0v) is 10.7. The minimum Gasteiger partial charge on any atom is -0.354 e. The molecule has 1 atom stereocenters. The van der Waals surface area contributed by atoms with Gasteiger partial charge in [0.15, 0.2) is 0 Å². The van der Waals surface area contributed by atoms with Crippen LogP contribution in [0.2, 0.25) is 0 Å². The van der Waals surface area contributed by atoms with E-state index < -0.39 is 0 Å². The molecule has 0 aliphatic rings. The summed E-state index contributed by atoms with van der Waals surface area (Å²) in [6, 6.07) is 9.75. The molecule has 1 aromatic carbocycles. The summed E-state index contributed by atoms with van der Waals surface area (Å²) in [7, 11) is 0. The molecule has 1 unspecified atom stereocenters. The Bertz CT molecular complexity index is 343. The van der Waals surface area contributed by atoms with Crippen LogP contribution in [0.25, 0.3) is 0 Å². The van der Waals surface area contributed by atoms with Gasteiger partial charge in [-0.3, -0.25) is 4.79 Å². The molecule has 0 saturated heterocycles. The van der Waals surface area contributed by atoms with E-state index in [9.17, 15) is 4.79 Å². The SMILES string of the molecule is CC(C)(C)C(=O)NCC(Cl)c1ccccc1. The summed E-state index contributed by atoms with van der Waals surface area (Å²) in [6.45, 7) is 6.11. The van der Waals surface area contributed by atoms with Gasteiger partial charge < -0.3 is 5.32 Å². The minimum atomic E-state index is -0.368. The number of alkyl halides is 1. The number of hydrogen-bond acceptors (Lipinski definition) is 1. The normalized spacial score (nSPS) is 13.2. The second-order valence-corrected chi connectivity index (χ2v) is 5.37. The highest BCUT2D eigenvalue weighted by Crippen LogP contribution is 2.19. The number of carbonyl (C=O) groups is 1. The van der Waals surface area contributed by atoms with Crippen molar-refractivity contribution in [2.75, 3.05) is 6.54 Å². The molecule has 2 nitrogen and oxygen atoms in total. The summed E-state index contributed by atoms with van der Waals surface area (Å²) >= 11 is 6.19. The highest BCUT2D eigenvalue weighted by atomic mass is 35.5. The van der Waals surface area contributed by atoms with E-state index in [4.69, 9.17) is 11.6 Å². The topological polar surface area (TPSA) is 29.1 Å². The Labute approximate surface area is 102 Å². The highest BCUT2D eigenvalue weighted by molar-refractivity contribution is 6.21. The van der Waals surface area contributed by atoms with E-state index in [1.165, 1.54) is 0 Å². The molecule has 1 rings (SSSR count). The van der Waals surface area contributed by atoms with E-state index in [0.717, 1.165) is 5.56 Å². The lowest BCUT2D eigenvalue weighted by atomic mass is 9.95. The Balaban J connectivity index is 2.48. The molecule has 88 valence electrons. The molecule has 0 aromatic heterocycles. The largest absolute Gasteiger partial charge is 0.354 e. The van der Waals surface area contributed by atoms with E-state index in [-0.39, 0.29) is 16.7 Å². The summed E-state index contributed by atoms with van der Waals surface area (Å²) in [6.07, 6.45) is 0. The van der Waals surface area contributed by atoms with Crippen molar-refractivity contribution >= 4 is 17.5 Å². The Morgan fingerprint density at radius 2 is 1.88 bits per heavy atom.